The second-order valence-electron chi connectivity index (χ2n) is 4.16. The van der Waals surface area contributed by atoms with E-state index in [-0.39, 0.29) is 0 Å². The minimum Gasteiger partial charge on any atom is -0.490 e. The molecule has 1 aromatic carbocycles. The van der Waals surface area contributed by atoms with Gasteiger partial charge in [0.2, 0.25) is 0 Å². The fourth-order valence-corrected chi connectivity index (χ4v) is 1.99. The van der Waals surface area contributed by atoms with Crippen molar-refractivity contribution in [1.82, 2.24) is 5.32 Å². The van der Waals surface area contributed by atoms with Crippen molar-refractivity contribution in [2.75, 3.05) is 7.05 Å². The van der Waals surface area contributed by atoms with Gasteiger partial charge in [-0.2, -0.15) is 0 Å². The van der Waals surface area contributed by atoms with Crippen LogP contribution >= 0.6 is 0 Å². The fourth-order valence-electron chi connectivity index (χ4n) is 1.99. The molecule has 0 saturated heterocycles. The molecule has 1 N–H and O–H groups in total. The minimum absolute atomic E-state index is 0.412. The lowest BCUT2D eigenvalue weighted by molar-refractivity contribution is 0.0875. The number of aryl methyl sites for hydroxylation is 1. The first-order chi connectivity index (χ1) is 7.33. The lowest BCUT2D eigenvalue weighted by atomic mass is 9.89. The van der Waals surface area contributed by atoms with Crippen molar-refractivity contribution in [2.24, 2.45) is 0 Å². The van der Waals surface area contributed by atoms with Gasteiger partial charge in [-0.25, -0.2) is 0 Å². The molecule has 0 heterocycles. The van der Waals surface area contributed by atoms with Crippen LogP contribution in [-0.2, 0) is 6.42 Å². The molecule has 1 aromatic rings. The Morgan fingerprint density at radius 2 is 2.07 bits per heavy atom. The van der Waals surface area contributed by atoms with Gasteiger partial charge in [-0.05, 0) is 37.9 Å². The highest BCUT2D eigenvalue weighted by molar-refractivity contribution is 5.33. The van der Waals surface area contributed by atoms with E-state index in [2.05, 4.69) is 30.4 Å². The van der Waals surface area contributed by atoms with Crippen LogP contribution in [0.25, 0.3) is 0 Å². The first kappa shape index (κ1) is 10.5. The summed E-state index contributed by atoms with van der Waals surface area (Å²) in [5, 5.41) is 3.27. The zero-order valence-corrected chi connectivity index (χ0v) is 9.49. The maximum atomic E-state index is 5.96. The van der Waals surface area contributed by atoms with Crippen molar-refractivity contribution in [3.8, 4) is 5.75 Å². The van der Waals surface area contributed by atoms with Crippen molar-refractivity contribution in [2.45, 2.75) is 38.3 Å². The number of nitrogens with one attached hydrogen (secondary N) is 1. The van der Waals surface area contributed by atoms with E-state index in [0.717, 1.165) is 25.0 Å². The lowest BCUT2D eigenvalue weighted by Crippen LogP contribution is -2.45. The molecule has 0 bridgehead atoms. The summed E-state index contributed by atoms with van der Waals surface area (Å²) in [4.78, 5) is 0. The Balaban J connectivity index is 1.94. The number of benzene rings is 1. The van der Waals surface area contributed by atoms with Crippen molar-refractivity contribution in [1.29, 1.82) is 0 Å². The first-order valence-electron chi connectivity index (χ1n) is 5.75. The van der Waals surface area contributed by atoms with Gasteiger partial charge in [-0.3, -0.25) is 0 Å². The lowest BCUT2D eigenvalue weighted by Gasteiger charge is -2.35. The summed E-state index contributed by atoms with van der Waals surface area (Å²) in [6.45, 7) is 2.17. The van der Waals surface area contributed by atoms with Crippen LogP contribution in [0.3, 0.4) is 0 Å². The molecule has 0 unspecified atom stereocenters. The number of ether oxygens (including phenoxy) is 1. The molecule has 0 aromatic heterocycles. The summed E-state index contributed by atoms with van der Waals surface area (Å²) in [6, 6.07) is 8.99. The molecule has 0 aliphatic heterocycles. The van der Waals surface area contributed by atoms with E-state index in [9.17, 15) is 0 Å². The van der Waals surface area contributed by atoms with Gasteiger partial charge < -0.3 is 10.1 Å². The van der Waals surface area contributed by atoms with Gasteiger partial charge >= 0.3 is 0 Å². The highest BCUT2D eigenvalue weighted by Crippen LogP contribution is 2.28. The molecule has 1 aliphatic carbocycles. The summed E-state index contributed by atoms with van der Waals surface area (Å²) >= 11 is 0. The van der Waals surface area contributed by atoms with Crippen LogP contribution in [0.5, 0.6) is 5.75 Å². The molecule has 0 atom stereocenters. The van der Waals surface area contributed by atoms with E-state index >= 15 is 0 Å². The molecule has 2 nitrogen and oxygen atoms in total. The second kappa shape index (κ2) is 4.67. The normalized spacial score (nSPS) is 24.7. The molecular formula is C13H19NO. The van der Waals surface area contributed by atoms with Crippen molar-refractivity contribution < 1.29 is 4.74 Å². The van der Waals surface area contributed by atoms with Crippen LogP contribution in [0.2, 0.25) is 0 Å². The standard InChI is InChI=1S/C13H19NO/c1-3-10-6-4-5-7-13(10)15-12-8-11(9-12)14-2/h4-7,11-12,14H,3,8-9H2,1-2H3. The molecule has 82 valence electrons. The van der Waals surface area contributed by atoms with Crippen molar-refractivity contribution in [3.05, 3.63) is 29.8 Å². The molecular weight excluding hydrogens is 186 g/mol. The van der Waals surface area contributed by atoms with E-state index in [1.165, 1.54) is 5.56 Å². The van der Waals surface area contributed by atoms with E-state index < -0.39 is 0 Å². The molecule has 2 rings (SSSR count). The Labute approximate surface area is 91.6 Å². The molecule has 15 heavy (non-hydrogen) atoms. The second-order valence-corrected chi connectivity index (χ2v) is 4.16. The van der Waals surface area contributed by atoms with Gasteiger partial charge in [0.1, 0.15) is 11.9 Å². The SMILES string of the molecule is CCc1ccccc1OC1CC(NC)C1. The summed E-state index contributed by atoms with van der Waals surface area (Å²) in [6.07, 6.45) is 3.72. The predicted molar refractivity (Wildman–Crippen MR) is 62.3 cm³/mol. The van der Waals surface area contributed by atoms with E-state index in [4.69, 9.17) is 4.74 Å². The molecule has 2 heteroatoms. The third kappa shape index (κ3) is 2.32. The van der Waals surface area contributed by atoms with Crippen molar-refractivity contribution in [3.63, 3.8) is 0 Å². The average Bonchev–Trinajstić information content (AvgIpc) is 2.23. The third-order valence-electron chi connectivity index (χ3n) is 3.15. The van der Waals surface area contributed by atoms with E-state index in [1.54, 1.807) is 0 Å². The Hall–Kier alpha value is -1.02. The zero-order valence-electron chi connectivity index (χ0n) is 9.49. The monoisotopic (exact) mass is 205 g/mol. The van der Waals surface area contributed by atoms with Crippen LogP contribution in [0.4, 0.5) is 0 Å². The highest BCUT2D eigenvalue weighted by atomic mass is 16.5. The van der Waals surface area contributed by atoms with Crippen LogP contribution in [0.1, 0.15) is 25.3 Å². The van der Waals surface area contributed by atoms with Gasteiger partial charge in [0.05, 0.1) is 0 Å². The van der Waals surface area contributed by atoms with E-state index in [0.29, 0.717) is 12.1 Å². The number of rotatable bonds is 4. The number of hydrogen-bond donors (Lipinski definition) is 1. The Morgan fingerprint density at radius 3 is 2.73 bits per heavy atom. The van der Waals surface area contributed by atoms with Crippen LogP contribution in [0, 0.1) is 0 Å². The molecule has 1 aliphatic rings. The van der Waals surface area contributed by atoms with Gasteiger partial charge in [-0.1, -0.05) is 25.1 Å². The fraction of sp³-hybridized carbons (Fsp3) is 0.538. The Kier molecular flexibility index (Phi) is 3.27. The Morgan fingerprint density at radius 1 is 1.33 bits per heavy atom. The maximum absolute atomic E-state index is 5.96. The Bertz CT molecular complexity index is 318. The molecule has 0 amide bonds. The zero-order chi connectivity index (χ0) is 10.7. The quantitative estimate of drug-likeness (QED) is 0.815. The first-order valence-corrected chi connectivity index (χ1v) is 5.75. The van der Waals surface area contributed by atoms with Crippen LogP contribution < -0.4 is 10.1 Å². The highest BCUT2D eigenvalue weighted by Gasteiger charge is 2.29. The van der Waals surface area contributed by atoms with Crippen LogP contribution in [0.15, 0.2) is 24.3 Å². The smallest absolute Gasteiger partial charge is 0.122 e. The van der Waals surface area contributed by atoms with E-state index in [1.807, 2.05) is 13.1 Å². The van der Waals surface area contributed by atoms with Crippen LogP contribution in [-0.4, -0.2) is 19.2 Å². The summed E-state index contributed by atoms with van der Waals surface area (Å²) in [5.41, 5.74) is 1.31. The molecule has 0 spiro atoms. The largest absolute Gasteiger partial charge is 0.490 e. The number of para-hydroxylation sites is 1. The summed E-state index contributed by atoms with van der Waals surface area (Å²) in [7, 11) is 2.01. The summed E-state index contributed by atoms with van der Waals surface area (Å²) < 4.78 is 5.96. The number of hydrogen-bond acceptors (Lipinski definition) is 2. The molecule has 0 radical (unpaired) electrons. The third-order valence-corrected chi connectivity index (χ3v) is 3.15. The maximum Gasteiger partial charge on any atom is 0.122 e. The van der Waals surface area contributed by atoms with Crippen molar-refractivity contribution >= 4 is 0 Å². The topological polar surface area (TPSA) is 21.3 Å². The average molecular weight is 205 g/mol. The molecule has 1 saturated carbocycles. The van der Waals surface area contributed by atoms with Gasteiger partial charge in [-0.15, -0.1) is 0 Å². The predicted octanol–water partition coefficient (Wildman–Crippen LogP) is 2.38. The molecule has 1 fully saturated rings. The van der Waals surface area contributed by atoms with Gasteiger partial charge in [0.15, 0.2) is 0 Å². The van der Waals surface area contributed by atoms with Gasteiger partial charge in [0.25, 0.3) is 0 Å². The minimum atomic E-state index is 0.412. The summed E-state index contributed by atoms with van der Waals surface area (Å²) in [5.74, 6) is 1.07. The van der Waals surface area contributed by atoms with Gasteiger partial charge in [0, 0.05) is 6.04 Å².